The average Bonchev–Trinajstić information content (AvgIpc) is 2.38. The summed E-state index contributed by atoms with van der Waals surface area (Å²) in [5, 5.41) is 8.33. The molecule has 0 fully saturated rings. The van der Waals surface area contributed by atoms with Crippen LogP contribution in [0.25, 0.3) is 0 Å². The first-order valence-corrected chi connectivity index (χ1v) is 8.32. The number of hydrogen-bond donors (Lipinski definition) is 2. The largest absolute Gasteiger partial charge is 0.380 e. The van der Waals surface area contributed by atoms with E-state index in [4.69, 9.17) is 5.14 Å². The van der Waals surface area contributed by atoms with Crippen LogP contribution in [0.5, 0.6) is 0 Å². The Bertz CT molecular complexity index is 712. The van der Waals surface area contributed by atoms with Crippen molar-refractivity contribution in [1.82, 2.24) is 0 Å². The molecule has 6 heteroatoms. The van der Waals surface area contributed by atoms with Crippen LogP contribution < -0.4 is 10.5 Å². The lowest BCUT2D eigenvalue weighted by molar-refractivity contribution is 0.598. The minimum absolute atomic E-state index is 0.0882. The van der Waals surface area contributed by atoms with Gasteiger partial charge in [-0.05, 0) is 46.6 Å². The van der Waals surface area contributed by atoms with E-state index in [1.165, 1.54) is 17.7 Å². The second kappa shape index (κ2) is 5.95. The van der Waals surface area contributed by atoms with Crippen LogP contribution in [0.3, 0.4) is 0 Å². The maximum Gasteiger partial charge on any atom is 0.238 e. The zero-order valence-corrected chi connectivity index (χ0v) is 13.3. The van der Waals surface area contributed by atoms with Crippen molar-refractivity contribution < 1.29 is 8.42 Å². The summed E-state index contributed by atoms with van der Waals surface area (Å²) in [5.41, 5.74) is 3.18. The Balaban J connectivity index is 2.12. The molecule has 20 heavy (non-hydrogen) atoms. The minimum atomic E-state index is -3.67. The lowest BCUT2D eigenvalue weighted by Gasteiger charge is -2.10. The van der Waals surface area contributed by atoms with Gasteiger partial charge in [-0.3, -0.25) is 0 Å². The maximum atomic E-state index is 11.2. The van der Waals surface area contributed by atoms with E-state index in [1.54, 1.807) is 6.07 Å². The number of hydrogen-bond acceptors (Lipinski definition) is 3. The second-order valence-electron chi connectivity index (χ2n) is 4.53. The van der Waals surface area contributed by atoms with E-state index in [2.05, 4.69) is 45.5 Å². The molecule has 0 atom stereocenters. The van der Waals surface area contributed by atoms with E-state index in [0.29, 0.717) is 11.0 Å². The number of halogens is 1. The average molecular weight is 355 g/mol. The van der Waals surface area contributed by atoms with Crippen molar-refractivity contribution in [2.75, 3.05) is 5.32 Å². The molecule has 0 saturated heterocycles. The van der Waals surface area contributed by atoms with Crippen molar-refractivity contribution in [3.63, 3.8) is 0 Å². The molecule has 0 aliphatic carbocycles. The van der Waals surface area contributed by atoms with Crippen LogP contribution in [0, 0.1) is 6.92 Å². The zero-order valence-electron chi connectivity index (χ0n) is 10.9. The maximum absolute atomic E-state index is 11.2. The van der Waals surface area contributed by atoms with Gasteiger partial charge in [0.15, 0.2) is 0 Å². The topological polar surface area (TPSA) is 72.2 Å². The Hall–Kier alpha value is -1.37. The first kappa shape index (κ1) is 15.0. The number of aryl methyl sites for hydroxylation is 1. The van der Waals surface area contributed by atoms with Gasteiger partial charge in [0, 0.05) is 16.7 Å². The first-order chi connectivity index (χ1) is 9.36. The summed E-state index contributed by atoms with van der Waals surface area (Å²) >= 11 is 3.34. The fourth-order valence-electron chi connectivity index (χ4n) is 1.72. The monoisotopic (exact) mass is 354 g/mol. The molecule has 0 bridgehead atoms. The van der Waals surface area contributed by atoms with Gasteiger partial charge in [0.1, 0.15) is 0 Å². The third-order valence-corrected chi connectivity index (χ3v) is 4.44. The van der Waals surface area contributed by atoms with Gasteiger partial charge in [-0.2, -0.15) is 0 Å². The summed E-state index contributed by atoms with van der Waals surface area (Å²) in [6.45, 7) is 2.70. The summed E-state index contributed by atoms with van der Waals surface area (Å²) in [6.07, 6.45) is 0. The highest BCUT2D eigenvalue weighted by atomic mass is 79.9. The van der Waals surface area contributed by atoms with Crippen LogP contribution >= 0.6 is 15.9 Å². The molecule has 0 aliphatic rings. The van der Waals surface area contributed by atoms with E-state index in [9.17, 15) is 8.42 Å². The van der Waals surface area contributed by atoms with Crippen molar-refractivity contribution in [2.24, 2.45) is 5.14 Å². The molecule has 0 amide bonds. The van der Waals surface area contributed by atoms with Crippen molar-refractivity contribution in [2.45, 2.75) is 18.4 Å². The number of nitrogens with two attached hydrogens (primary N) is 1. The number of primary sulfonamides is 1. The van der Waals surface area contributed by atoms with Gasteiger partial charge in [-0.25, -0.2) is 13.6 Å². The lowest BCUT2D eigenvalue weighted by Crippen LogP contribution is -2.12. The molecule has 0 saturated carbocycles. The molecule has 2 rings (SSSR count). The number of nitrogens with one attached hydrogen (secondary N) is 1. The smallest absolute Gasteiger partial charge is 0.238 e. The number of rotatable bonds is 4. The van der Waals surface area contributed by atoms with E-state index in [-0.39, 0.29) is 4.90 Å². The third-order valence-electron chi connectivity index (χ3n) is 2.87. The van der Waals surface area contributed by atoms with Crippen LogP contribution in [0.2, 0.25) is 0 Å². The molecular formula is C14H15BrN2O2S. The molecule has 4 nitrogen and oxygen atoms in total. The van der Waals surface area contributed by atoms with E-state index in [0.717, 1.165) is 11.3 Å². The molecule has 0 aromatic heterocycles. The van der Waals surface area contributed by atoms with Crippen LogP contribution in [0.4, 0.5) is 5.69 Å². The van der Waals surface area contributed by atoms with Crippen molar-refractivity contribution >= 4 is 31.6 Å². The first-order valence-electron chi connectivity index (χ1n) is 5.98. The van der Waals surface area contributed by atoms with Gasteiger partial charge in [-0.1, -0.05) is 29.8 Å². The summed E-state index contributed by atoms with van der Waals surface area (Å²) in [5.74, 6) is 0. The molecule has 2 aromatic carbocycles. The van der Waals surface area contributed by atoms with Crippen molar-refractivity contribution in [3.8, 4) is 0 Å². The Kier molecular flexibility index (Phi) is 4.47. The number of sulfonamides is 1. The fourth-order valence-corrected chi connectivity index (χ4v) is 2.93. The van der Waals surface area contributed by atoms with E-state index < -0.39 is 10.0 Å². The van der Waals surface area contributed by atoms with E-state index >= 15 is 0 Å². The highest BCUT2D eigenvalue weighted by Crippen LogP contribution is 2.25. The lowest BCUT2D eigenvalue weighted by atomic mass is 10.1. The summed E-state index contributed by atoms with van der Waals surface area (Å²) in [6, 6.07) is 12.9. The normalized spacial score (nSPS) is 11.3. The summed E-state index contributed by atoms with van der Waals surface area (Å²) in [7, 11) is -3.67. The predicted molar refractivity (Wildman–Crippen MR) is 84.0 cm³/mol. The standard InChI is InChI=1S/C14H15BrN2O2S/c1-10-2-4-11(5-3-10)9-17-14-7-6-12(8-13(14)15)20(16,18)19/h2-8,17H,9H2,1H3,(H2,16,18,19). The van der Waals surface area contributed by atoms with Crippen molar-refractivity contribution in [3.05, 3.63) is 58.1 Å². The quantitative estimate of drug-likeness (QED) is 0.886. The highest BCUT2D eigenvalue weighted by Gasteiger charge is 2.10. The molecule has 3 N–H and O–H groups in total. The molecule has 106 valence electrons. The molecule has 0 spiro atoms. The Morgan fingerprint density at radius 2 is 1.80 bits per heavy atom. The summed E-state index contributed by atoms with van der Waals surface area (Å²) in [4.78, 5) is 0.0882. The van der Waals surface area contributed by atoms with Gasteiger partial charge in [0.25, 0.3) is 0 Å². The highest BCUT2D eigenvalue weighted by molar-refractivity contribution is 9.10. The zero-order chi connectivity index (χ0) is 14.8. The van der Waals surface area contributed by atoms with E-state index in [1.807, 2.05) is 6.92 Å². The van der Waals surface area contributed by atoms with Crippen molar-refractivity contribution in [1.29, 1.82) is 0 Å². The molecule has 0 aliphatic heterocycles. The van der Waals surface area contributed by atoms with Gasteiger partial charge < -0.3 is 5.32 Å². The Morgan fingerprint density at radius 1 is 1.15 bits per heavy atom. The molecule has 2 aromatic rings. The van der Waals surface area contributed by atoms with Gasteiger partial charge in [0.05, 0.1) is 4.90 Å². The molecular weight excluding hydrogens is 340 g/mol. The number of benzene rings is 2. The van der Waals surface area contributed by atoms with Crippen LogP contribution in [0.15, 0.2) is 51.8 Å². The molecule has 0 heterocycles. The Morgan fingerprint density at radius 3 is 2.35 bits per heavy atom. The second-order valence-corrected chi connectivity index (χ2v) is 6.94. The van der Waals surface area contributed by atoms with Crippen LogP contribution in [0.1, 0.15) is 11.1 Å². The third kappa shape index (κ3) is 3.82. The minimum Gasteiger partial charge on any atom is -0.380 e. The fraction of sp³-hybridized carbons (Fsp3) is 0.143. The Labute approximate surface area is 127 Å². The van der Waals surface area contributed by atoms with Gasteiger partial charge in [0.2, 0.25) is 10.0 Å². The summed E-state index contributed by atoms with van der Waals surface area (Å²) < 4.78 is 23.2. The van der Waals surface area contributed by atoms with Crippen LogP contribution in [-0.4, -0.2) is 8.42 Å². The van der Waals surface area contributed by atoms with Gasteiger partial charge in [-0.15, -0.1) is 0 Å². The number of anilines is 1. The van der Waals surface area contributed by atoms with Gasteiger partial charge >= 0.3 is 0 Å². The molecule has 0 radical (unpaired) electrons. The SMILES string of the molecule is Cc1ccc(CNc2ccc(S(N)(=O)=O)cc2Br)cc1. The predicted octanol–water partition coefficient (Wildman–Crippen LogP) is 3.02. The molecule has 0 unspecified atom stereocenters. The van der Waals surface area contributed by atoms with Crippen LogP contribution in [-0.2, 0) is 16.6 Å².